The van der Waals surface area contributed by atoms with E-state index in [2.05, 4.69) is 0 Å². The van der Waals surface area contributed by atoms with Crippen LogP contribution in [0.15, 0.2) is 17.5 Å². The van der Waals surface area contributed by atoms with Gasteiger partial charge in [-0.05, 0) is 11.4 Å². The van der Waals surface area contributed by atoms with Crippen LogP contribution in [-0.4, -0.2) is 17.9 Å². The lowest BCUT2D eigenvalue weighted by atomic mass is 10.1. The van der Waals surface area contributed by atoms with Crippen LogP contribution in [0.1, 0.15) is 22.5 Å². The van der Waals surface area contributed by atoms with Gasteiger partial charge in [0.1, 0.15) is 0 Å². The second-order valence-corrected chi connectivity index (χ2v) is 3.81. The molecule has 1 aromatic rings. The Morgan fingerprint density at radius 2 is 2.46 bits per heavy atom. The number of esters is 1. The van der Waals surface area contributed by atoms with E-state index in [1.54, 1.807) is 6.07 Å². The van der Waals surface area contributed by atoms with Crippen LogP contribution in [0.2, 0.25) is 0 Å². The fourth-order valence-electron chi connectivity index (χ4n) is 1.29. The summed E-state index contributed by atoms with van der Waals surface area (Å²) < 4.78 is 4.87. The van der Waals surface area contributed by atoms with Gasteiger partial charge in [-0.15, -0.1) is 11.3 Å². The topological polar surface area (TPSA) is 43.4 Å². The lowest BCUT2D eigenvalue weighted by molar-refractivity contribution is -0.140. The Kier molecular flexibility index (Phi) is 2.14. The molecule has 13 heavy (non-hydrogen) atoms. The number of ketones is 1. The van der Waals surface area contributed by atoms with Crippen molar-refractivity contribution in [2.75, 3.05) is 0 Å². The molecule has 68 valence electrons. The third-order valence-electron chi connectivity index (χ3n) is 1.94. The van der Waals surface area contributed by atoms with Gasteiger partial charge in [-0.1, -0.05) is 6.07 Å². The highest BCUT2D eigenvalue weighted by Crippen LogP contribution is 2.20. The average molecular weight is 196 g/mol. The summed E-state index contributed by atoms with van der Waals surface area (Å²) >= 11 is 1.38. The van der Waals surface area contributed by atoms with Gasteiger partial charge < -0.3 is 4.74 Å². The van der Waals surface area contributed by atoms with Crippen LogP contribution in [-0.2, 0) is 9.53 Å². The molecular weight excluding hydrogens is 188 g/mol. The van der Waals surface area contributed by atoms with E-state index in [0.29, 0.717) is 17.7 Å². The van der Waals surface area contributed by atoms with Crippen LogP contribution < -0.4 is 0 Å². The molecule has 0 radical (unpaired) electrons. The Balaban J connectivity index is 2.10. The van der Waals surface area contributed by atoms with Crippen LogP contribution in [0, 0.1) is 0 Å². The number of carbonyl (C=O) groups excluding carboxylic acids is 2. The molecule has 3 nitrogen and oxygen atoms in total. The Labute approximate surface area is 79.3 Å². The van der Waals surface area contributed by atoms with Crippen molar-refractivity contribution in [3.8, 4) is 0 Å². The minimum atomic E-state index is -0.536. The van der Waals surface area contributed by atoms with Gasteiger partial charge in [0, 0.05) is 12.8 Å². The molecule has 0 aromatic carbocycles. The molecule has 0 unspecified atom stereocenters. The first-order valence-electron chi connectivity index (χ1n) is 4.04. The first-order valence-corrected chi connectivity index (χ1v) is 4.92. The molecule has 1 atom stereocenters. The summed E-state index contributed by atoms with van der Waals surface area (Å²) in [6.45, 7) is 0. The predicted molar refractivity (Wildman–Crippen MR) is 47.8 cm³/mol. The molecule has 0 bridgehead atoms. The maximum atomic E-state index is 11.6. The van der Waals surface area contributed by atoms with E-state index >= 15 is 0 Å². The molecule has 1 aromatic heterocycles. The lowest BCUT2D eigenvalue weighted by Gasteiger charge is -2.04. The SMILES string of the molecule is O=C1CC[C@@H](C(=O)c2cccs2)O1. The number of ether oxygens (including phenoxy) is 1. The van der Waals surface area contributed by atoms with E-state index in [-0.39, 0.29) is 11.8 Å². The Morgan fingerprint density at radius 1 is 1.62 bits per heavy atom. The van der Waals surface area contributed by atoms with Crippen molar-refractivity contribution in [3.63, 3.8) is 0 Å². The summed E-state index contributed by atoms with van der Waals surface area (Å²) in [5, 5.41) is 1.84. The van der Waals surface area contributed by atoms with Crippen molar-refractivity contribution in [2.24, 2.45) is 0 Å². The van der Waals surface area contributed by atoms with Crippen molar-refractivity contribution in [2.45, 2.75) is 18.9 Å². The zero-order valence-electron chi connectivity index (χ0n) is 6.86. The van der Waals surface area contributed by atoms with Crippen molar-refractivity contribution in [1.82, 2.24) is 0 Å². The monoisotopic (exact) mass is 196 g/mol. The number of cyclic esters (lactones) is 1. The van der Waals surface area contributed by atoms with Gasteiger partial charge in [0.25, 0.3) is 0 Å². The molecule has 1 saturated heterocycles. The molecular formula is C9H8O3S. The number of hydrogen-bond donors (Lipinski definition) is 0. The summed E-state index contributed by atoms with van der Waals surface area (Å²) in [4.78, 5) is 23.0. The standard InChI is InChI=1S/C9H8O3S/c10-8-4-3-6(12-8)9(11)7-2-1-5-13-7/h1-2,5-6H,3-4H2/t6-/m0/s1. The Hall–Kier alpha value is -1.16. The summed E-state index contributed by atoms with van der Waals surface area (Å²) in [5.74, 6) is -0.337. The number of hydrogen-bond acceptors (Lipinski definition) is 4. The minimum absolute atomic E-state index is 0.0687. The number of rotatable bonds is 2. The van der Waals surface area contributed by atoms with Crippen LogP contribution >= 0.6 is 11.3 Å². The first kappa shape index (κ1) is 8.44. The van der Waals surface area contributed by atoms with Crippen LogP contribution in [0.5, 0.6) is 0 Å². The van der Waals surface area contributed by atoms with Gasteiger partial charge >= 0.3 is 5.97 Å². The van der Waals surface area contributed by atoms with E-state index in [9.17, 15) is 9.59 Å². The second-order valence-electron chi connectivity index (χ2n) is 2.86. The number of thiophene rings is 1. The van der Waals surface area contributed by atoms with Gasteiger partial charge in [0.05, 0.1) is 4.88 Å². The molecule has 1 fully saturated rings. The third-order valence-corrected chi connectivity index (χ3v) is 2.83. The summed E-state index contributed by atoms with van der Waals surface area (Å²) in [7, 11) is 0. The van der Waals surface area contributed by atoms with Crippen LogP contribution in [0.25, 0.3) is 0 Å². The van der Waals surface area contributed by atoms with Crippen LogP contribution in [0.4, 0.5) is 0 Å². The molecule has 2 rings (SSSR count). The van der Waals surface area contributed by atoms with Crippen molar-refractivity contribution in [1.29, 1.82) is 0 Å². The maximum absolute atomic E-state index is 11.6. The highest BCUT2D eigenvalue weighted by atomic mass is 32.1. The molecule has 0 saturated carbocycles. The van der Waals surface area contributed by atoms with Gasteiger partial charge in [-0.3, -0.25) is 9.59 Å². The average Bonchev–Trinajstić information content (AvgIpc) is 2.72. The van der Waals surface area contributed by atoms with E-state index in [1.165, 1.54) is 11.3 Å². The van der Waals surface area contributed by atoms with Gasteiger partial charge in [-0.25, -0.2) is 0 Å². The molecule has 1 aliphatic heterocycles. The molecule has 0 aliphatic carbocycles. The fraction of sp³-hybridized carbons (Fsp3) is 0.333. The highest BCUT2D eigenvalue weighted by molar-refractivity contribution is 7.12. The number of carbonyl (C=O) groups is 2. The fourth-order valence-corrected chi connectivity index (χ4v) is 2.00. The van der Waals surface area contributed by atoms with Crippen LogP contribution in [0.3, 0.4) is 0 Å². The lowest BCUT2D eigenvalue weighted by Crippen LogP contribution is -2.19. The smallest absolute Gasteiger partial charge is 0.306 e. The predicted octanol–water partition coefficient (Wildman–Crippen LogP) is 1.64. The zero-order chi connectivity index (χ0) is 9.26. The first-order chi connectivity index (χ1) is 6.27. The molecule has 0 spiro atoms. The normalized spacial score (nSPS) is 21.5. The van der Waals surface area contributed by atoms with E-state index in [1.807, 2.05) is 11.4 Å². The Bertz CT molecular complexity index is 329. The molecule has 4 heteroatoms. The Morgan fingerprint density at radius 3 is 3.00 bits per heavy atom. The summed E-state index contributed by atoms with van der Waals surface area (Å²) in [6, 6.07) is 3.56. The minimum Gasteiger partial charge on any atom is -0.454 e. The van der Waals surface area contributed by atoms with Crippen molar-refractivity contribution in [3.05, 3.63) is 22.4 Å². The zero-order valence-corrected chi connectivity index (χ0v) is 7.67. The van der Waals surface area contributed by atoms with E-state index < -0.39 is 6.10 Å². The summed E-state index contributed by atoms with van der Waals surface area (Å²) in [6.07, 6.45) is 0.350. The summed E-state index contributed by atoms with van der Waals surface area (Å²) in [5.41, 5.74) is 0. The highest BCUT2D eigenvalue weighted by Gasteiger charge is 2.30. The van der Waals surface area contributed by atoms with E-state index in [0.717, 1.165) is 0 Å². The quantitative estimate of drug-likeness (QED) is 0.533. The van der Waals surface area contributed by atoms with Crippen molar-refractivity contribution < 1.29 is 14.3 Å². The van der Waals surface area contributed by atoms with Gasteiger partial charge in [0.2, 0.25) is 5.78 Å². The third kappa shape index (κ3) is 1.62. The molecule has 1 aliphatic rings. The van der Waals surface area contributed by atoms with Gasteiger partial charge in [0.15, 0.2) is 6.10 Å². The maximum Gasteiger partial charge on any atom is 0.306 e. The molecule has 2 heterocycles. The van der Waals surface area contributed by atoms with Gasteiger partial charge in [-0.2, -0.15) is 0 Å². The second kappa shape index (κ2) is 3.30. The van der Waals surface area contributed by atoms with E-state index in [4.69, 9.17) is 4.74 Å². The molecule has 0 N–H and O–H groups in total. The number of Topliss-reactive ketones (excluding diaryl/α,β-unsaturated/α-hetero) is 1. The molecule has 0 amide bonds. The largest absolute Gasteiger partial charge is 0.454 e. The van der Waals surface area contributed by atoms with Crippen molar-refractivity contribution >= 4 is 23.1 Å².